The highest BCUT2D eigenvalue weighted by Gasteiger charge is 2.37. The Morgan fingerprint density at radius 3 is 3.04 bits per heavy atom. The highest BCUT2D eigenvalue weighted by molar-refractivity contribution is 6.31. The maximum Gasteiger partial charge on any atom is 0.239 e. The van der Waals surface area contributed by atoms with Crippen LogP contribution in [0.3, 0.4) is 0 Å². The molecule has 1 aromatic rings. The van der Waals surface area contributed by atoms with Gasteiger partial charge in [0.05, 0.1) is 0 Å². The Morgan fingerprint density at radius 1 is 1.43 bits per heavy atom. The van der Waals surface area contributed by atoms with E-state index >= 15 is 0 Å². The molecule has 2 N–H and O–H groups in total. The molecular weight excluding hydrogens is 314 g/mol. The van der Waals surface area contributed by atoms with Crippen LogP contribution in [0.1, 0.15) is 12.8 Å². The van der Waals surface area contributed by atoms with Gasteiger partial charge in [-0.3, -0.25) is 9.59 Å². The molecule has 3 rings (SSSR count). The molecule has 2 amide bonds. The van der Waals surface area contributed by atoms with Crippen LogP contribution in [-0.2, 0) is 9.59 Å². The van der Waals surface area contributed by atoms with Crippen LogP contribution in [0.2, 0.25) is 5.02 Å². The second-order valence-electron chi connectivity index (χ2n) is 5.85. The fourth-order valence-corrected chi connectivity index (χ4v) is 3.16. The molecule has 1 saturated heterocycles. The predicted octanol–water partition coefficient (Wildman–Crippen LogP) is 1.73. The number of anilines is 1. The molecule has 1 fully saturated rings. The van der Waals surface area contributed by atoms with Crippen LogP contribution in [0.25, 0.3) is 0 Å². The molecule has 2 aliphatic heterocycles. The lowest BCUT2D eigenvalue weighted by molar-refractivity contribution is -0.132. The number of amides is 2. The van der Waals surface area contributed by atoms with Gasteiger partial charge in [-0.05, 0) is 37.6 Å². The first kappa shape index (κ1) is 16.0. The van der Waals surface area contributed by atoms with Crippen LogP contribution in [0.15, 0.2) is 35.9 Å². The van der Waals surface area contributed by atoms with Crippen molar-refractivity contribution in [2.24, 2.45) is 5.92 Å². The van der Waals surface area contributed by atoms with Crippen LogP contribution >= 0.6 is 11.6 Å². The van der Waals surface area contributed by atoms with Crippen LogP contribution in [0.5, 0.6) is 0 Å². The molecule has 0 radical (unpaired) electrons. The van der Waals surface area contributed by atoms with Crippen LogP contribution in [0, 0.1) is 5.92 Å². The van der Waals surface area contributed by atoms with Gasteiger partial charge >= 0.3 is 0 Å². The van der Waals surface area contributed by atoms with E-state index in [0.717, 1.165) is 25.2 Å². The summed E-state index contributed by atoms with van der Waals surface area (Å²) in [6.07, 6.45) is 3.57. The highest BCUT2D eigenvalue weighted by Crippen LogP contribution is 2.27. The number of halogens is 1. The third-order valence-electron chi connectivity index (χ3n) is 4.29. The topological polar surface area (TPSA) is 61.4 Å². The predicted molar refractivity (Wildman–Crippen MR) is 90.5 cm³/mol. The van der Waals surface area contributed by atoms with E-state index in [9.17, 15) is 9.59 Å². The van der Waals surface area contributed by atoms with E-state index in [2.05, 4.69) is 16.7 Å². The zero-order valence-corrected chi connectivity index (χ0v) is 13.6. The summed E-state index contributed by atoms with van der Waals surface area (Å²) in [4.78, 5) is 26.5. The van der Waals surface area contributed by atoms with Gasteiger partial charge in [-0.15, -0.1) is 0 Å². The van der Waals surface area contributed by atoms with E-state index in [1.165, 1.54) is 5.57 Å². The molecule has 0 spiro atoms. The molecule has 2 heterocycles. The number of nitrogens with one attached hydrogen (secondary N) is 2. The largest absolute Gasteiger partial charge is 0.352 e. The monoisotopic (exact) mass is 333 g/mol. The molecule has 2 aliphatic rings. The number of hydrogen-bond donors (Lipinski definition) is 2. The third kappa shape index (κ3) is 3.74. The van der Waals surface area contributed by atoms with Gasteiger partial charge in [-0.2, -0.15) is 0 Å². The van der Waals surface area contributed by atoms with Gasteiger partial charge in [0.25, 0.3) is 0 Å². The Morgan fingerprint density at radius 2 is 2.30 bits per heavy atom. The van der Waals surface area contributed by atoms with Gasteiger partial charge in [-0.25, -0.2) is 0 Å². The fourth-order valence-electron chi connectivity index (χ4n) is 2.98. The van der Waals surface area contributed by atoms with Crippen molar-refractivity contribution in [1.82, 2.24) is 10.6 Å². The lowest BCUT2D eigenvalue weighted by Gasteiger charge is -2.18. The summed E-state index contributed by atoms with van der Waals surface area (Å²) in [5.41, 5.74) is 1.97. The minimum absolute atomic E-state index is 0.149. The average Bonchev–Trinajstić information content (AvgIpc) is 2.95. The van der Waals surface area contributed by atoms with Crippen molar-refractivity contribution in [3.8, 4) is 0 Å². The third-order valence-corrected chi connectivity index (χ3v) is 4.52. The molecule has 5 nitrogen and oxygen atoms in total. The number of carbonyl (C=O) groups excluding carboxylic acids is 2. The Labute approximate surface area is 140 Å². The van der Waals surface area contributed by atoms with E-state index in [0.29, 0.717) is 24.5 Å². The second-order valence-corrected chi connectivity index (χ2v) is 6.28. The van der Waals surface area contributed by atoms with Gasteiger partial charge in [-0.1, -0.05) is 29.3 Å². The highest BCUT2D eigenvalue weighted by atomic mass is 35.5. The van der Waals surface area contributed by atoms with Crippen molar-refractivity contribution >= 4 is 29.1 Å². The molecule has 1 atom stereocenters. The quantitative estimate of drug-likeness (QED) is 0.651. The van der Waals surface area contributed by atoms with E-state index in [4.69, 9.17) is 11.6 Å². The number of benzene rings is 1. The van der Waals surface area contributed by atoms with Crippen molar-refractivity contribution in [2.75, 3.05) is 31.1 Å². The molecule has 0 saturated carbocycles. The molecule has 23 heavy (non-hydrogen) atoms. The maximum absolute atomic E-state index is 12.5. The average molecular weight is 334 g/mol. The molecule has 1 aromatic carbocycles. The Kier molecular flexibility index (Phi) is 4.98. The SMILES string of the molecule is O=C(NCC1=CCNCC1)C1CCN(c2cccc(Cl)c2)C1=O. The van der Waals surface area contributed by atoms with Crippen molar-refractivity contribution in [1.29, 1.82) is 0 Å². The second kappa shape index (κ2) is 7.15. The fraction of sp³-hybridized carbons (Fsp3) is 0.412. The number of carbonyl (C=O) groups is 2. The molecule has 0 aromatic heterocycles. The van der Waals surface area contributed by atoms with Crippen LogP contribution in [0.4, 0.5) is 5.69 Å². The Balaban J connectivity index is 1.60. The van der Waals surface area contributed by atoms with E-state index in [1.807, 2.05) is 12.1 Å². The van der Waals surface area contributed by atoms with Gasteiger partial charge in [0.1, 0.15) is 5.92 Å². The van der Waals surface area contributed by atoms with Gasteiger partial charge in [0.2, 0.25) is 11.8 Å². The number of nitrogens with zero attached hydrogens (tertiary/aromatic N) is 1. The molecule has 0 bridgehead atoms. The van der Waals surface area contributed by atoms with Gasteiger partial charge in [0, 0.05) is 30.3 Å². The zero-order chi connectivity index (χ0) is 16.2. The Bertz CT molecular complexity index is 644. The maximum atomic E-state index is 12.5. The van der Waals surface area contributed by atoms with Crippen molar-refractivity contribution < 1.29 is 9.59 Å². The molecule has 122 valence electrons. The lowest BCUT2D eigenvalue weighted by Crippen LogP contribution is -2.38. The summed E-state index contributed by atoms with van der Waals surface area (Å²) in [7, 11) is 0. The van der Waals surface area contributed by atoms with Crippen LogP contribution in [-0.4, -0.2) is 38.0 Å². The van der Waals surface area contributed by atoms with Crippen molar-refractivity contribution in [2.45, 2.75) is 12.8 Å². The first-order valence-corrected chi connectivity index (χ1v) is 8.26. The van der Waals surface area contributed by atoms with Gasteiger partial charge in [0.15, 0.2) is 0 Å². The minimum atomic E-state index is -0.601. The van der Waals surface area contributed by atoms with Crippen molar-refractivity contribution in [3.05, 3.63) is 40.9 Å². The summed E-state index contributed by atoms with van der Waals surface area (Å²) in [5, 5.41) is 6.72. The molecule has 0 aliphatic carbocycles. The molecule has 1 unspecified atom stereocenters. The Hall–Kier alpha value is -1.85. The van der Waals surface area contributed by atoms with E-state index in [-0.39, 0.29) is 11.8 Å². The standard InChI is InChI=1S/C17H20ClN3O2/c18-13-2-1-3-14(10-13)21-9-6-15(17(21)23)16(22)20-11-12-4-7-19-8-5-12/h1-4,10,15,19H,5-9,11H2,(H,20,22). The normalized spacial score (nSPS) is 21.3. The summed E-state index contributed by atoms with van der Waals surface area (Å²) in [6, 6.07) is 7.16. The number of hydrogen-bond acceptors (Lipinski definition) is 3. The first-order chi connectivity index (χ1) is 11.1. The van der Waals surface area contributed by atoms with E-state index in [1.54, 1.807) is 17.0 Å². The van der Waals surface area contributed by atoms with E-state index < -0.39 is 5.92 Å². The zero-order valence-electron chi connectivity index (χ0n) is 12.8. The molecular formula is C17H20ClN3O2. The summed E-state index contributed by atoms with van der Waals surface area (Å²) in [5.74, 6) is -0.931. The number of rotatable bonds is 4. The van der Waals surface area contributed by atoms with Gasteiger partial charge < -0.3 is 15.5 Å². The van der Waals surface area contributed by atoms with Crippen LogP contribution < -0.4 is 15.5 Å². The summed E-state index contributed by atoms with van der Waals surface area (Å²) in [6.45, 7) is 2.86. The summed E-state index contributed by atoms with van der Waals surface area (Å²) >= 11 is 5.98. The lowest BCUT2D eigenvalue weighted by atomic mass is 10.1. The smallest absolute Gasteiger partial charge is 0.239 e. The minimum Gasteiger partial charge on any atom is -0.352 e. The van der Waals surface area contributed by atoms with Crippen molar-refractivity contribution in [3.63, 3.8) is 0 Å². The molecule has 6 heteroatoms. The first-order valence-electron chi connectivity index (χ1n) is 7.88. The summed E-state index contributed by atoms with van der Waals surface area (Å²) < 4.78 is 0.